The highest BCUT2D eigenvalue weighted by Gasteiger charge is 2.25. The Balaban J connectivity index is 1.19. The van der Waals surface area contributed by atoms with E-state index in [-0.39, 0.29) is 11.6 Å². The number of hydrogen-bond donors (Lipinski definition) is 0. The highest BCUT2D eigenvalue weighted by atomic mass is 32.1. The molecule has 8 aromatic rings. The van der Waals surface area contributed by atoms with Crippen LogP contribution in [0.4, 0.5) is 8.78 Å². The van der Waals surface area contributed by atoms with E-state index >= 15 is 8.78 Å². The summed E-state index contributed by atoms with van der Waals surface area (Å²) < 4.78 is 38.7. The molecule has 0 saturated heterocycles. The van der Waals surface area contributed by atoms with E-state index in [2.05, 4.69) is 97.5 Å². The van der Waals surface area contributed by atoms with Gasteiger partial charge >= 0.3 is 0 Å². The average molecular weight is 963 g/mol. The van der Waals surface area contributed by atoms with Crippen LogP contribution in [-0.4, -0.2) is 9.13 Å². The lowest BCUT2D eigenvalue weighted by Gasteiger charge is -2.12. The fourth-order valence-corrected chi connectivity index (χ4v) is 14.2. The number of aryl methyl sites for hydroxylation is 4. The predicted octanol–water partition coefficient (Wildman–Crippen LogP) is 20.9. The third-order valence-corrected chi connectivity index (χ3v) is 18.5. The highest BCUT2D eigenvalue weighted by molar-refractivity contribution is 7.24. The molecule has 0 aliphatic heterocycles. The maximum atomic E-state index is 16.9. The van der Waals surface area contributed by atoms with E-state index in [1.54, 1.807) is 22.7 Å². The summed E-state index contributed by atoms with van der Waals surface area (Å²) in [6.45, 7) is 10.7. The van der Waals surface area contributed by atoms with Crippen molar-refractivity contribution in [3.05, 3.63) is 94.2 Å². The van der Waals surface area contributed by atoms with Crippen LogP contribution in [0.2, 0.25) is 0 Å². The minimum absolute atomic E-state index is 0.190. The highest BCUT2D eigenvalue weighted by Crippen LogP contribution is 2.46. The van der Waals surface area contributed by atoms with Gasteiger partial charge in [-0.2, -0.15) is 0 Å². The quantitative estimate of drug-likeness (QED) is 0.0433. The summed E-state index contributed by atoms with van der Waals surface area (Å²) in [6, 6.07) is 25.5. The molecule has 2 nitrogen and oxygen atoms in total. The lowest BCUT2D eigenvalue weighted by atomic mass is 10.1. The minimum Gasteiger partial charge on any atom is -0.339 e. The molecule has 0 amide bonds. The van der Waals surface area contributed by atoms with Crippen molar-refractivity contribution in [2.75, 3.05) is 0 Å². The first-order valence-electron chi connectivity index (χ1n) is 25.8. The van der Waals surface area contributed by atoms with Gasteiger partial charge in [-0.05, 0) is 111 Å². The number of rotatable bonds is 28. The molecular formula is C58H72F2N2S4. The van der Waals surface area contributed by atoms with Crippen LogP contribution in [0.25, 0.3) is 73.2 Å². The second-order valence-electron chi connectivity index (χ2n) is 18.7. The van der Waals surface area contributed by atoms with Crippen LogP contribution in [0.3, 0.4) is 0 Å². The van der Waals surface area contributed by atoms with Gasteiger partial charge in [0, 0.05) is 74.0 Å². The monoisotopic (exact) mass is 962 g/mol. The molecule has 0 aliphatic carbocycles. The van der Waals surface area contributed by atoms with Crippen LogP contribution in [0, 0.1) is 11.6 Å². The van der Waals surface area contributed by atoms with Gasteiger partial charge in [0.05, 0.1) is 22.1 Å². The Morgan fingerprint density at radius 3 is 1.11 bits per heavy atom. The summed E-state index contributed by atoms with van der Waals surface area (Å²) in [5, 5.41) is 1.87. The minimum atomic E-state index is -0.190. The van der Waals surface area contributed by atoms with Crippen molar-refractivity contribution in [1.82, 2.24) is 9.13 Å². The summed E-state index contributed by atoms with van der Waals surface area (Å²) >= 11 is 7.14. The maximum absolute atomic E-state index is 16.9. The molecule has 0 aliphatic rings. The molecule has 0 radical (unpaired) electrons. The number of fused-ring (bicyclic) bond motifs is 5. The fraction of sp³-hybridized carbons (Fsp3) is 0.483. The number of benzene rings is 2. The molecule has 8 rings (SSSR count). The summed E-state index contributed by atoms with van der Waals surface area (Å²) in [5.41, 5.74) is 5.52. The van der Waals surface area contributed by atoms with Crippen molar-refractivity contribution in [3.8, 4) is 40.4 Å². The van der Waals surface area contributed by atoms with Gasteiger partial charge in [0.2, 0.25) is 0 Å². The third-order valence-electron chi connectivity index (χ3n) is 13.6. The molecule has 0 fully saturated rings. The van der Waals surface area contributed by atoms with Crippen LogP contribution >= 0.6 is 45.3 Å². The molecule has 8 heteroatoms. The molecule has 0 unspecified atom stereocenters. The molecule has 2 aromatic carbocycles. The Kier molecular flexibility index (Phi) is 17.9. The molecule has 0 bridgehead atoms. The molecule has 0 N–H and O–H groups in total. The first-order valence-corrected chi connectivity index (χ1v) is 29.0. The molecular weight excluding hydrogens is 891 g/mol. The van der Waals surface area contributed by atoms with Gasteiger partial charge in [0.15, 0.2) is 0 Å². The van der Waals surface area contributed by atoms with Crippen molar-refractivity contribution in [2.24, 2.45) is 0 Å². The Morgan fingerprint density at radius 1 is 0.364 bits per heavy atom. The number of nitrogens with zero attached hydrogens (tertiary/aromatic N) is 2. The lowest BCUT2D eigenvalue weighted by molar-refractivity contribution is 0.569. The Bertz CT molecular complexity index is 2580. The van der Waals surface area contributed by atoms with Crippen LogP contribution in [0.15, 0.2) is 72.8 Å². The normalized spacial score (nSPS) is 12.0. The van der Waals surface area contributed by atoms with E-state index in [1.807, 2.05) is 34.8 Å². The van der Waals surface area contributed by atoms with Gasteiger partial charge in [-0.25, -0.2) is 8.78 Å². The molecule has 352 valence electrons. The van der Waals surface area contributed by atoms with Crippen molar-refractivity contribution < 1.29 is 8.78 Å². The Hall–Kier alpha value is -3.56. The van der Waals surface area contributed by atoms with E-state index in [0.717, 1.165) is 94.2 Å². The standard InChI is InChI=1S/C58H72F2N2S4/c1-5-9-13-17-19-23-35-61-49-39-43(51-31-33-55(65-51)53-29-27-41(63-53)25-21-15-11-7-3)47(59)37-45(49)58-57(61)46-38-48(60)44(40-50(46)62(58)36-24-20-18-14-10-6-2)52-32-34-56(66-52)54-30-28-42(64-54)26-22-16-12-8-4/h27-34,37-40H,5-26,35-36H2,1-4H3. The SMILES string of the molecule is CCCCCCCCn1c2cc(-c3ccc(-c4ccc(CCCCCC)s4)s3)c(F)cc2c2c1c1cc(F)c(-c3ccc(-c4ccc(CCCCCC)s4)s3)cc1n2CCCCCCCC. The zero-order valence-corrected chi connectivity index (χ0v) is 43.4. The number of aromatic nitrogens is 2. The molecule has 6 aromatic heterocycles. The van der Waals surface area contributed by atoms with Crippen molar-refractivity contribution >= 4 is 78.2 Å². The van der Waals surface area contributed by atoms with Gasteiger partial charge in [0.1, 0.15) is 11.6 Å². The number of thiophene rings is 4. The van der Waals surface area contributed by atoms with Gasteiger partial charge < -0.3 is 9.13 Å². The topological polar surface area (TPSA) is 9.86 Å². The lowest BCUT2D eigenvalue weighted by Crippen LogP contribution is -1.99. The summed E-state index contributed by atoms with van der Waals surface area (Å²) in [4.78, 5) is 9.69. The average Bonchev–Trinajstić information content (AvgIpc) is 4.19. The first kappa shape index (κ1) is 48.9. The van der Waals surface area contributed by atoms with E-state index in [0.29, 0.717) is 11.1 Å². The second kappa shape index (κ2) is 24.1. The van der Waals surface area contributed by atoms with E-state index < -0.39 is 0 Å². The van der Waals surface area contributed by atoms with Gasteiger partial charge in [-0.15, -0.1) is 45.3 Å². The number of hydrogen-bond acceptors (Lipinski definition) is 4. The van der Waals surface area contributed by atoms with E-state index in [9.17, 15) is 0 Å². The largest absolute Gasteiger partial charge is 0.339 e. The zero-order chi connectivity index (χ0) is 45.8. The van der Waals surface area contributed by atoms with Crippen LogP contribution in [-0.2, 0) is 25.9 Å². The third kappa shape index (κ3) is 11.5. The Labute approximate surface area is 410 Å². The van der Waals surface area contributed by atoms with Gasteiger partial charge in [-0.1, -0.05) is 130 Å². The first-order chi connectivity index (χ1) is 32.4. The summed E-state index contributed by atoms with van der Waals surface area (Å²) in [7, 11) is 0. The maximum Gasteiger partial charge on any atom is 0.132 e. The van der Waals surface area contributed by atoms with Crippen LogP contribution in [0.1, 0.15) is 166 Å². The summed E-state index contributed by atoms with van der Waals surface area (Å²) in [6.07, 6.45) is 26.6. The fourth-order valence-electron chi connectivity index (χ4n) is 9.91. The van der Waals surface area contributed by atoms with Crippen molar-refractivity contribution in [1.29, 1.82) is 0 Å². The number of halogens is 2. The van der Waals surface area contributed by atoms with Crippen molar-refractivity contribution in [2.45, 2.75) is 182 Å². The zero-order valence-electron chi connectivity index (χ0n) is 40.2. The Morgan fingerprint density at radius 2 is 0.697 bits per heavy atom. The van der Waals surface area contributed by atoms with E-state index in [1.165, 1.54) is 132 Å². The molecule has 66 heavy (non-hydrogen) atoms. The smallest absolute Gasteiger partial charge is 0.132 e. The molecule has 0 atom stereocenters. The van der Waals surface area contributed by atoms with Gasteiger partial charge in [-0.3, -0.25) is 0 Å². The summed E-state index contributed by atoms with van der Waals surface area (Å²) in [5.74, 6) is -0.381. The second-order valence-corrected chi connectivity index (χ2v) is 23.2. The number of unbranched alkanes of at least 4 members (excludes halogenated alkanes) is 16. The molecule has 0 spiro atoms. The van der Waals surface area contributed by atoms with Crippen LogP contribution < -0.4 is 0 Å². The van der Waals surface area contributed by atoms with Crippen molar-refractivity contribution in [3.63, 3.8) is 0 Å². The molecule has 6 heterocycles. The molecule has 0 saturated carbocycles. The van der Waals surface area contributed by atoms with Crippen LogP contribution in [0.5, 0.6) is 0 Å². The predicted molar refractivity (Wildman–Crippen MR) is 291 cm³/mol. The van der Waals surface area contributed by atoms with E-state index in [4.69, 9.17) is 0 Å². The van der Waals surface area contributed by atoms with Gasteiger partial charge in [0.25, 0.3) is 0 Å².